The first-order valence-corrected chi connectivity index (χ1v) is 5.45. The van der Waals surface area contributed by atoms with Crippen LogP contribution in [0.25, 0.3) is 0 Å². The molecule has 1 atom stereocenters. The molecule has 0 spiro atoms. The number of benzene rings is 1. The van der Waals surface area contributed by atoms with E-state index in [4.69, 9.17) is 0 Å². The zero-order chi connectivity index (χ0) is 12.0. The van der Waals surface area contributed by atoms with Crippen molar-refractivity contribution in [2.24, 2.45) is 0 Å². The van der Waals surface area contributed by atoms with E-state index in [0.29, 0.717) is 6.42 Å². The number of methoxy groups -OCH3 is 1. The van der Waals surface area contributed by atoms with E-state index in [2.05, 4.69) is 29.0 Å². The number of aliphatic hydroxyl groups excluding tert-OH is 1. The molecule has 0 aromatic heterocycles. The van der Waals surface area contributed by atoms with Gasteiger partial charge in [0.25, 0.3) is 0 Å². The lowest BCUT2D eigenvalue weighted by molar-refractivity contribution is -0.150. The van der Waals surface area contributed by atoms with Crippen LogP contribution >= 0.6 is 0 Å². The fourth-order valence-corrected chi connectivity index (χ4v) is 1.51. The predicted molar refractivity (Wildman–Crippen MR) is 62.1 cm³/mol. The molecule has 0 aliphatic carbocycles. The molecule has 0 amide bonds. The Morgan fingerprint density at radius 1 is 1.38 bits per heavy atom. The lowest BCUT2D eigenvalue weighted by atomic mass is 10.0. The van der Waals surface area contributed by atoms with E-state index in [1.165, 1.54) is 18.2 Å². The minimum absolute atomic E-state index is 0.445. The van der Waals surface area contributed by atoms with Crippen molar-refractivity contribution >= 4 is 5.97 Å². The zero-order valence-corrected chi connectivity index (χ0v) is 9.77. The fraction of sp³-hybridized carbons (Fsp3) is 0.462. The zero-order valence-electron chi connectivity index (χ0n) is 9.77. The molecule has 1 aromatic rings. The summed E-state index contributed by atoms with van der Waals surface area (Å²) in [6, 6.07) is 8.26. The maximum atomic E-state index is 10.9. The Bertz CT molecular complexity index is 330. The number of hydrogen-bond donors (Lipinski definition) is 1. The van der Waals surface area contributed by atoms with Gasteiger partial charge in [-0.1, -0.05) is 29.8 Å². The van der Waals surface area contributed by atoms with Crippen LogP contribution in [0.1, 0.15) is 24.0 Å². The van der Waals surface area contributed by atoms with Gasteiger partial charge in [0.15, 0.2) is 6.10 Å². The largest absolute Gasteiger partial charge is 0.467 e. The second-order valence-electron chi connectivity index (χ2n) is 3.92. The summed E-state index contributed by atoms with van der Waals surface area (Å²) in [5.41, 5.74) is 2.46. The Morgan fingerprint density at radius 2 is 2.00 bits per heavy atom. The van der Waals surface area contributed by atoms with Crippen LogP contribution < -0.4 is 0 Å². The molecule has 0 saturated carbocycles. The third-order valence-corrected chi connectivity index (χ3v) is 2.54. The average molecular weight is 222 g/mol. The van der Waals surface area contributed by atoms with E-state index in [1.54, 1.807) is 0 Å². The molecule has 16 heavy (non-hydrogen) atoms. The molecule has 0 aliphatic rings. The van der Waals surface area contributed by atoms with Gasteiger partial charge >= 0.3 is 5.97 Å². The number of rotatable bonds is 5. The van der Waals surface area contributed by atoms with Crippen LogP contribution in [0.4, 0.5) is 0 Å². The molecule has 1 N–H and O–H groups in total. The number of esters is 1. The van der Waals surface area contributed by atoms with Gasteiger partial charge in [0.1, 0.15) is 0 Å². The SMILES string of the molecule is COC(=O)C(O)CCCc1ccc(C)cc1. The summed E-state index contributed by atoms with van der Waals surface area (Å²) in [6.45, 7) is 2.05. The molecule has 3 nitrogen and oxygen atoms in total. The second-order valence-corrected chi connectivity index (χ2v) is 3.92. The molecule has 0 heterocycles. The quantitative estimate of drug-likeness (QED) is 0.773. The predicted octanol–water partition coefficient (Wildman–Crippen LogP) is 1.85. The minimum atomic E-state index is -0.990. The fourth-order valence-electron chi connectivity index (χ4n) is 1.51. The van der Waals surface area contributed by atoms with E-state index in [0.717, 1.165) is 12.8 Å². The highest BCUT2D eigenvalue weighted by atomic mass is 16.5. The Kier molecular flexibility index (Phi) is 4.99. The summed E-state index contributed by atoms with van der Waals surface area (Å²) < 4.78 is 4.44. The highest BCUT2D eigenvalue weighted by Gasteiger charge is 2.14. The molecule has 1 rings (SSSR count). The van der Waals surface area contributed by atoms with Crippen molar-refractivity contribution in [3.63, 3.8) is 0 Å². The molecule has 1 unspecified atom stereocenters. The smallest absolute Gasteiger partial charge is 0.334 e. The van der Waals surface area contributed by atoms with Crippen molar-refractivity contribution in [1.82, 2.24) is 0 Å². The van der Waals surface area contributed by atoms with Crippen molar-refractivity contribution < 1.29 is 14.6 Å². The van der Waals surface area contributed by atoms with Gasteiger partial charge in [-0.2, -0.15) is 0 Å². The van der Waals surface area contributed by atoms with Gasteiger partial charge in [0, 0.05) is 0 Å². The number of hydrogen-bond acceptors (Lipinski definition) is 3. The average Bonchev–Trinajstić information content (AvgIpc) is 2.30. The van der Waals surface area contributed by atoms with Gasteiger partial charge in [-0.15, -0.1) is 0 Å². The van der Waals surface area contributed by atoms with E-state index < -0.39 is 12.1 Å². The summed E-state index contributed by atoms with van der Waals surface area (Å²) in [5.74, 6) is -0.552. The number of aliphatic hydroxyl groups is 1. The first-order chi connectivity index (χ1) is 7.63. The third kappa shape index (κ3) is 4.03. The van der Waals surface area contributed by atoms with Crippen molar-refractivity contribution in [1.29, 1.82) is 0 Å². The van der Waals surface area contributed by atoms with Gasteiger partial charge in [-0.05, 0) is 31.7 Å². The van der Waals surface area contributed by atoms with Crippen LogP contribution in [0.3, 0.4) is 0 Å². The lowest BCUT2D eigenvalue weighted by Crippen LogP contribution is -2.21. The Labute approximate surface area is 96.1 Å². The molecule has 0 radical (unpaired) electrons. The molecular formula is C13H18O3. The van der Waals surface area contributed by atoms with E-state index >= 15 is 0 Å². The summed E-state index contributed by atoms with van der Waals surface area (Å²) in [4.78, 5) is 10.9. The number of ether oxygens (including phenoxy) is 1. The standard InChI is InChI=1S/C13H18O3/c1-10-6-8-11(9-7-10)4-3-5-12(14)13(15)16-2/h6-9,12,14H,3-5H2,1-2H3. The second kappa shape index (κ2) is 6.28. The Hall–Kier alpha value is -1.35. The van der Waals surface area contributed by atoms with Crippen molar-refractivity contribution in [2.45, 2.75) is 32.3 Å². The third-order valence-electron chi connectivity index (χ3n) is 2.54. The minimum Gasteiger partial charge on any atom is -0.467 e. The van der Waals surface area contributed by atoms with Gasteiger partial charge in [-0.3, -0.25) is 0 Å². The van der Waals surface area contributed by atoms with Crippen LogP contribution in [-0.4, -0.2) is 24.3 Å². The molecule has 0 aliphatic heterocycles. The van der Waals surface area contributed by atoms with E-state index in [-0.39, 0.29) is 0 Å². The number of carbonyl (C=O) groups excluding carboxylic acids is 1. The lowest BCUT2D eigenvalue weighted by Gasteiger charge is -2.07. The van der Waals surface area contributed by atoms with Crippen molar-refractivity contribution in [3.05, 3.63) is 35.4 Å². The summed E-state index contributed by atoms with van der Waals surface area (Å²) in [6.07, 6.45) is 1.10. The van der Waals surface area contributed by atoms with Crippen LogP contribution in [0.5, 0.6) is 0 Å². The van der Waals surface area contributed by atoms with Crippen LogP contribution in [0, 0.1) is 6.92 Å². The first kappa shape index (κ1) is 12.7. The molecule has 0 saturated heterocycles. The highest BCUT2D eigenvalue weighted by molar-refractivity contribution is 5.74. The normalized spacial score (nSPS) is 12.2. The monoisotopic (exact) mass is 222 g/mol. The van der Waals surface area contributed by atoms with Crippen molar-refractivity contribution in [3.8, 4) is 0 Å². The van der Waals surface area contributed by atoms with E-state index in [1.807, 2.05) is 6.92 Å². The van der Waals surface area contributed by atoms with Crippen LogP contribution in [0.2, 0.25) is 0 Å². The first-order valence-electron chi connectivity index (χ1n) is 5.45. The van der Waals surface area contributed by atoms with Gasteiger partial charge in [0.05, 0.1) is 7.11 Å². The van der Waals surface area contributed by atoms with Gasteiger partial charge in [0.2, 0.25) is 0 Å². The van der Waals surface area contributed by atoms with Crippen LogP contribution in [-0.2, 0) is 16.0 Å². The summed E-state index contributed by atoms with van der Waals surface area (Å²) in [5, 5.41) is 9.37. The molecule has 1 aromatic carbocycles. The molecule has 88 valence electrons. The number of carbonyl (C=O) groups is 1. The summed E-state index contributed by atoms with van der Waals surface area (Å²) >= 11 is 0. The van der Waals surface area contributed by atoms with Gasteiger partial charge in [-0.25, -0.2) is 4.79 Å². The number of aryl methyl sites for hydroxylation is 2. The summed E-state index contributed by atoms with van der Waals surface area (Å²) in [7, 11) is 1.28. The molecule has 0 fully saturated rings. The Morgan fingerprint density at radius 3 is 2.56 bits per heavy atom. The topological polar surface area (TPSA) is 46.5 Å². The Balaban J connectivity index is 2.30. The molecule has 3 heteroatoms. The van der Waals surface area contributed by atoms with Crippen LogP contribution in [0.15, 0.2) is 24.3 Å². The maximum Gasteiger partial charge on any atom is 0.334 e. The maximum absolute atomic E-state index is 10.9. The van der Waals surface area contributed by atoms with Gasteiger partial charge < -0.3 is 9.84 Å². The highest BCUT2D eigenvalue weighted by Crippen LogP contribution is 2.09. The molecular weight excluding hydrogens is 204 g/mol. The molecule has 0 bridgehead atoms. The van der Waals surface area contributed by atoms with Crippen molar-refractivity contribution in [2.75, 3.05) is 7.11 Å². The van der Waals surface area contributed by atoms with E-state index in [9.17, 15) is 9.90 Å².